The number of sulfonamides is 1. The van der Waals surface area contributed by atoms with Crippen molar-refractivity contribution in [1.82, 2.24) is 10.0 Å². The number of hydrogen-bond donors (Lipinski definition) is 2. The summed E-state index contributed by atoms with van der Waals surface area (Å²) in [6, 6.07) is 8.56. The van der Waals surface area contributed by atoms with Crippen LogP contribution in [0, 0.1) is 5.92 Å². The van der Waals surface area contributed by atoms with E-state index >= 15 is 0 Å². The Hall–Kier alpha value is -0.910. The molecule has 2 saturated carbocycles. The summed E-state index contributed by atoms with van der Waals surface area (Å²) in [5.74, 6) is 0.649. The predicted molar refractivity (Wildman–Crippen MR) is 79.7 cm³/mol. The molecule has 3 rings (SSSR count). The van der Waals surface area contributed by atoms with Gasteiger partial charge in [0.25, 0.3) is 0 Å². The molecule has 0 spiro atoms. The average Bonchev–Trinajstić information content (AvgIpc) is 3.28. The summed E-state index contributed by atoms with van der Waals surface area (Å²) in [4.78, 5) is 0. The van der Waals surface area contributed by atoms with E-state index in [1.165, 1.54) is 18.4 Å². The quantitative estimate of drug-likeness (QED) is 0.768. The molecule has 0 unspecified atom stereocenters. The van der Waals surface area contributed by atoms with Crippen molar-refractivity contribution in [3.63, 3.8) is 0 Å². The molecular formula is C15H22N2O2S. The summed E-state index contributed by atoms with van der Waals surface area (Å²) in [6.07, 6.45) is 4.88. The van der Waals surface area contributed by atoms with Gasteiger partial charge in [-0.25, -0.2) is 13.1 Å². The molecule has 2 fully saturated rings. The maximum Gasteiger partial charge on any atom is 0.215 e. The van der Waals surface area contributed by atoms with Gasteiger partial charge in [-0.05, 0) is 42.7 Å². The molecule has 0 aromatic heterocycles. The fourth-order valence-electron chi connectivity index (χ4n) is 2.14. The van der Waals surface area contributed by atoms with E-state index < -0.39 is 10.0 Å². The van der Waals surface area contributed by atoms with E-state index in [0.717, 1.165) is 24.9 Å². The van der Waals surface area contributed by atoms with Crippen LogP contribution in [-0.2, 0) is 22.3 Å². The summed E-state index contributed by atoms with van der Waals surface area (Å²) in [7, 11) is -3.18. The normalized spacial score (nSPS) is 19.2. The van der Waals surface area contributed by atoms with Crippen LogP contribution in [0.2, 0.25) is 0 Å². The van der Waals surface area contributed by atoms with Crippen LogP contribution in [-0.4, -0.2) is 21.0 Å². The van der Waals surface area contributed by atoms with Crippen LogP contribution in [0.3, 0.4) is 0 Å². The van der Waals surface area contributed by atoms with Gasteiger partial charge >= 0.3 is 0 Å². The Balaban J connectivity index is 1.50. The Bertz CT molecular complexity index is 546. The van der Waals surface area contributed by atoms with Gasteiger partial charge in [0.15, 0.2) is 0 Å². The topological polar surface area (TPSA) is 58.2 Å². The molecule has 5 heteroatoms. The van der Waals surface area contributed by atoms with Crippen molar-refractivity contribution in [3.8, 4) is 0 Å². The molecule has 0 aliphatic heterocycles. The maximum atomic E-state index is 11.9. The van der Waals surface area contributed by atoms with Crippen molar-refractivity contribution in [2.75, 3.05) is 6.54 Å². The molecule has 2 aliphatic carbocycles. The molecule has 20 heavy (non-hydrogen) atoms. The van der Waals surface area contributed by atoms with Crippen molar-refractivity contribution >= 4 is 10.0 Å². The Kier molecular flexibility index (Phi) is 4.10. The molecule has 0 amide bonds. The third-order valence-electron chi connectivity index (χ3n) is 3.84. The lowest BCUT2D eigenvalue weighted by atomic mass is 10.1. The highest BCUT2D eigenvalue weighted by molar-refractivity contribution is 7.88. The number of rotatable bonds is 8. The summed E-state index contributed by atoms with van der Waals surface area (Å²) in [5.41, 5.74) is 2.06. The first-order valence-electron chi connectivity index (χ1n) is 7.39. The fraction of sp³-hybridized carbons (Fsp3) is 0.600. The Labute approximate surface area is 121 Å². The first-order valence-corrected chi connectivity index (χ1v) is 9.04. The van der Waals surface area contributed by atoms with Crippen molar-refractivity contribution in [3.05, 3.63) is 35.4 Å². The lowest BCUT2D eigenvalue weighted by Gasteiger charge is -2.07. The number of hydrogen-bond acceptors (Lipinski definition) is 3. The van der Waals surface area contributed by atoms with Crippen molar-refractivity contribution in [2.24, 2.45) is 5.92 Å². The van der Waals surface area contributed by atoms with E-state index in [0.29, 0.717) is 18.5 Å². The van der Waals surface area contributed by atoms with Gasteiger partial charge < -0.3 is 5.32 Å². The van der Waals surface area contributed by atoms with Gasteiger partial charge in [-0.15, -0.1) is 0 Å². The molecule has 4 nitrogen and oxygen atoms in total. The zero-order valence-corrected chi connectivity index (χ0v) is 12.5. The van der Waals surface area contributed by atoms with Crippen LogP contribution in [0.25, 0.3) is 0 Å². The molecule has 0 saturated heterocycles. The molecule has 2 N–H and O–H groups in total. The fourth-order valence-corrected chi connectivity index (χ4v) is 3.36. The largest absolute Gasteiger partial charge is 0.310 e. The third-order valence-corrected chi connectivity index (χ3v) is 5.16. The van der Waals surface area contributed by atoms with Crippen LogP contribution in [0.15, 0.2) is 24.3 Å². The number of nitrogens with one attached hydrogen (secondary N) is 2. The van der Waals surface area contributed by atoms with Crippen molar-refractivity contribution in [1.29, 1.82) is 0 Å². The van der Waals surface area contributed by atoms with Crippen molar-refractivity contribution < 1.29 is 8.42 Å². The molecule has 0 bridgehead atoms. The molecule has 1 aromatic rings. The Morgan fingerprint density at radius 2 is 1.65 bits per heavy atom. The molecule has 0 heterocycles. The van der Waals surface area contributed by atoms with E-state index in [4.69, 9.17) is 0 Å². The van der Waals surface area contributed by atoms with Crippen LogP contribution >= 0.6 is 0 Å². The smallest absolute Gasteiger partial charge is 0.215 e. The zero-order valence-electron chi connectivity index (χ0n) is 11.6. The lowest BCUT2D eigenvalue weighted by molar-refractivity contribution is 0.576. The molecule has 110 valence electrons. The molecule has 0 atom stereocenters. The van der Waals surface area contributed by atoms with Crippen LogP contribution < -0.4 is 10.0 Å². The SMILES string of the molecule is O=S(=O)(Cc1ccc(CNC2CC2)cc1)NCC1CC1. The second-order valence-corrected chi connectivity index (χ2v) is 7.83. The van der Waals surface area contributed by atoms with Gasteiger partial charge in [0, 0.05) is 19.1 Å². The molecule has 2 aliphatic rings. The highest BCUT2D eigenvalue weighted by atomic mass is 32.2. The maximum absolute atomic E-state index is 11.9. The Morgan fingerprint density at radius 3 is 2.25 bits per heavy atom. The zero-order chi connectivity index (χ0) is 14.0. The van der Waals surface area contributed by atoms with Crippen LogP contribution in [0.5, 0.6) is 0 Å². The minimum atomic E-state index is -3.18. The minimum Gasteiger partial charge on any atom is -0.310 e. The van der Waals surface area contributed by atoms with Crippen LogP contribution in [0.4, 0.5) is 0 Å². The van der Waals surface area contributed by atoms with Crippen molar-refractivity contribution in [2.45, 2.75) is 44.0 Å². The van der Waals surface area contributed by atoms with Gasteiger partial charge in [-0.2, -0.15) is 0 Å². The van der Waals surface area contributed by atoms with E-state index in [2.05, 4.69) is 10.0 Å². The second kappa shape index (κ2) is 5.84. The van der Waals surface area contributed by atoms with Gasteiger partial charge in [0.05, 0.1) is 5.75 Å². The van der Waals surface area contributed by atoms with Crippen LogP contribution in [0.1, 0.15) is 36.8 Å². The highest BCUT2D eigenvalue weighted by Gasteiger charge is 2.23. The first-order chi connectivity index (χ1) is 9.61. The van der Waals surface area contributed by atoms with Gasteiger partial charge in [0.1, 0.15) is 0 Å². The third kappa shape index (κ3) is 4.58. The van der Waals surface area contributed by atoms with Gasteiger partial charge in [0.2, 0.25) is 10.0 Å². The summed E-state index contributed by atoms with van der Waals surface area (Å²) >= 11 is 0. The van der Waals surface area contributed by atoms with Gasteiger partial charge in [-0.1, -0.05) is 24.3 Å². The minimum absolute atomic E-state index is 0.0794. The van der Waals surface area contributed by atoms with E-state index in [1.54, 1.807) is 0 Å². The summed E-state index contributed by atoms with van der Waals surface area (Å²) in [5, 5.41) is 3.45. The second-order valence-electron chi connectivity index (χ2n) is 6.02. The monoisotopic (exact) mass is 294 g/mol. The molecule has 1 aromatic carbocycles. The number of benzene rings is 1. The highest BCUT2D eigenvalue weighted by Crippen LogP contribution is 2.27. The standard InChI is InChI=1S/C15H22N2O2S/c18-20(19,17-10-13-1-2-13)11-14-5-3-12(4-6-14)9-16-15-7-8-15/h3-6,13,15-17H,1-2,7-11H2. The molecule has 0 radical (unpaired) electrons. The summed E-state index contributed by atoms with van der Waals surface area (Å²) in [6.45, 7) is 1.48. The van der Waals surface area contributed by atoms with E-state index in [-0.39, 0.29) is 5.75 Å². The Morgan fingerprint density at radius 1 is 1.00 bits per heavy atom. The van der Waals surface area contributed by atoms with E-state index in [9.17, 15) is 8.42 Å². The lowest BCUT2D eigenvalue weighted by Crippen LogP contribution is -2.27. The average molecular weight is 294 g/mol. The van der Waals surface area contributed by atoms with E-state index in [1.807, 2.05) is 24.3 Å². The predicted octanol–water partition coefficient (Wildman–Crippen LogP) is 1.77. The molecular weight excluding hydrogens is 272 g/mol. The van der Waals surface area contributed by atoms with Gasteiger partial charge in [-0.3, -0.25) is 0 Å². The first kappa shape index (κ1) is 14.0. The summed E-state index contributed by atoms with van der Waals surface area (Å²) < 4.78 is 26.5.